The molecule has 0 aromatic carbocycles. The molecule has 2 aliphatic heterocycles. The summed E-state index contributed by atoms with van der Waals surface area (Å²) in [5, 5.41) is 7.32. The molecule has 0 saturated carbocycles. The number of anilines is 1. The van der Waals surface area contributed by atoms with Gasteiger partial charge in [-0.1, -0.05) is 27.7 Å². The molecular formula is C27H37N5O6. The molecule has 4 atom stereocenters. The molecule has 0 unspecified atom stereocenters. The second-order valence-corrected chi connectivity index (χ2v) is 10.3. The minimum Gasteiger partial charge on any atom is -0.454 e. The number of rotatable bonds is 10. The van der Waals surface area contributed by atoms with Crippen LogP contribution in [-0.4, -0.2) is 56.8 Å². The van der Waals surface area contributed by atoms with Crippen molar-refractivity contribution in [1.29, 1.82) is 0 Å². The average molecular weight is 528 g/mol. The van der Waals surface area contributed by atoms with Gasteiger partial charge in [-0.05, 0) is 51.7 Å². The lowest BCUT2D eigenvalue weighted by molar-refractivity contribution is -0.211. The highest BCUT2D eigenvalue weighted by atomic mass is 16.8. The van der Waals surface area contributed by atoms with E-state index in [0.717, 1.165) is 12.8 Å². The number of ether oxygens (including phenoxy) is 4. The number of fused-ring (bicyclic) bond motifs is 2. The minimum absolute atomic E-state index is 0.101. The number of nitrogens with one attached hydrogen (secondary N) is 1. The first-order chi connectivity index (χ1) is 18.1. The normalized spacial score (nSPS) is 26.0. The average Bonchev–Trinajstić information content (AvgIpc) is 3.55. The lowest BCUT2D eigenvalue weighted by Crippen LogP contribution is -2.45. The van der Waals surface area contributed by atoms with Crippen molar-refractivity contribution in [1.82, 2.24) is 14.6 Å². The summed E-state index contributed by atoms with van der Waals surface area (Å²) in [6.45, 7) is 19.1. The van der Waals surface area contributed by atoms with E-state index in [9.17, 15) is 9.59 Å². The molecule has 11 heteroatoms. The van der Waals surface area contributed by atoms with Gasteiger partial charge < -0.3 is 19.5 Å². The van der Waals surface area contributed by atoms with Crippen LogP contribution >= 0.6 is 0 Å². The van der Waals surface area contributed by atoms with E-state index in [0.29, 0.717) is 29.9 Å². The fourth-order valence-electron chi connectivity index (χ4n) is 5.24. The van der Waals surface area contributed by atoms with Crippen molar-refractivity contribution < 1.29 is 28.5 Å². The molecule has 4 rings (SSSR count). The Labute approximate surface area is 223 Å². The topological polar surface area (TPSA) is 118 Å². The minimum atomic E-state index is -1.59. The van der Waals surface area contributed by atoms with Crippen LogP contribution < -0.4 is 5.32 Å². The van der Waals surface area contributed by atoms with Crippen LogP contribution in [0.4, 0.5) is 5.82 Å². The van der Waals surface area contributed by atoms with Crippen LogP contribution in [0.5, 0.6) is 0 Å². The van der Waals surface area contributed by atoms with Gasteiger partial charge in [0.15, 0.2) is 24.3 Å². The summed E-state index contributed by atoms with van der Waals surface area (Å²) in [4.78, 5) is 33.4. The lowest BCUT2D eigenvalue weighted by atomic mass is 10.0. The zero-order valence-electron chi connectivity index (χ0n) is 22.9. The van der Waals surface area contributed by atoms with Crippen LogP contribution in [0.2, 0.25) is 0 Å². The molecule has 0 aliphatic carbocycles. The number of carbonyl (C=O) groups is 2. The smallest absolute Gasteiger partial charge is 0.400 e. The molecule has 2 saturated heterocycles. The number of amides is 1. The molecule has 2 aliphatic rings. The van der Waals surface area contributed by atoms with Gasteiger partial charge in [-0.2, -0.15) is 5.10 Å². The Morgan fingerprint density at radius 1 is 1.11 bits per heavy atom. The van der Waals surface area contributed by atoms with E-state index in [1.165, 1.54) is 6.33 Å². The fourth-order valence-corrected chi connectivity index (χ4v) is 5.24. The molecule has 2 aromatic rings. The Balaban J connectivity index is 1.66. The van der Waals surface area contributed by atoms with Gasteiger partial charge >= 0.3 is 11.7 Å². The van der Waals surface area contributed by atoms with Crippen LogP contribution in [0, 0.1) is 18.4 Å². The number of hydrogen-bond donors (Lipinski definition) is 1. The van der Waals surface area contributed by atoms with Crippen LogP contribution in [0.25, 0.3) is 10.4 Å². The van der Waals surface area contributed by atoms with Gasteiger partial charge in [0, 0.05) is 5.92 Å². The highest BCUT2D eigenvalue weighted by Gasteiger charge is 2.69. The first-order valence-electron chi connectivity index (χ1n) is 13.4. The number of esters is 1. The van der Waals surface area contributed by atoms with E-state index in [2.05, 4.69) is 20.2 Å². The van der Waals surface area contributed by atoms with Crippen LogP contribution in [0.15, 0.2) is 18.5 Å². The maximum absolute atomic E-state index is 12.7. The van der Waals surface area contributed by atoms with Crippen molar-refractivity contribution in [2.45, 2.75) is 97.0 Å². The molecular weight excluding hydrogens is 490 g/mol. The molecule has 1 amide bonds. The van der Waals surface area contributed by atoms with Gasteiger partial charge in [0.05, 0.1) is 11.6 Å². The summed E-state index contributed by atoms with van der Waals surface area (Å²) in [7, 11) is 0. The summed E-state index contributed by atoms with van der Waals surface area (Å²) in [5.74, 6) is -1.41. The van der Waals surface area contributed by atoms with Gasteiger partial charge in [-0.25, -0.2) is 16.1 Å². The van der Waals surface area contributed by atoms with Crippen LogP contribution in [0.1, 0.15) is 79.0 Å². The van der Waals surface area contributed by atoms with E-state index in [-0.39, 0.29) is 30.3 Å². The van der Waals surface area contributed by atoms with E-state index in [1.54, 1.807) is 24.4 Å². The monoisotopic (exact) mass is 527 g/mol. The Kier molecular flexibility index (Phi) is 8.06. The molecule has 2 fully saturated rings. The molecule has 11 nitrogen and oxygen atoms in total. The standard InChI is InChI=1S/C27H37N5O6/c1-8-16(9-2)24(33)31-23-19-13-12-18(32(19)30-15-29-23)20-21-22(38-26(5,6)36-21)27(28-7,37-20)14-35-25(34)17(10-3)11-4/h12-13,15-17,20-22H,8-11,14H2,1-6H3,(H,29,30,31,33)/t20-,21-,22-,27+/m0/s1. The van der Waals surface area contributed by atoms with E-state index in [1.807, 2.05) is 33.8 Å². The second kappa shape index (κ2) is 11.0. The summed E-state index contributed by atoms with van der Waals surface area (Å²) in [5.41, 5.74) is -0.400. The molecule has 2 aromatic heterocycles. The van der Waals surface area contributed by atoms with Crippen molar-refractivity contribution in [3.8, 4) is 0 Å². The van der Waals surface area contributed by atoms with Crippen molar-refractivity contribution in [2.24, 2.45) is 11.8 Å². The van der Waals surface area contributed by atoms with Crippen molar-refractivity contribution in [2.75, 3.05) is 11.9 Å². The Hall–Kier alpha value is -3.07. The lowest BCUT2D eigenvalue weighted by Gasteiger charge is -2.26. The molecule has 0 radical (unpaired) electrons. The fraction of sp³-hybridized carbons (Fsp3) is 0.667. The van der Waals surface area contributed by atoms with Gasteiger partial charge in [-0.3, -0.25) is 19.2 Å². The zero-order chi connectivity index (χ0) is 27.7. The van der Waals surface area contributed by atoms with Gasteiger partial charge in [0.25, 0.3) is 0 Å². The maximum atomic E-state index is 12.7. The van der Waals surface area contributed by atoms with Crippen LogP contribution in [-0.2, 0) is 28.5 Å². The number of aromatic nitrogens is 3. The SMILES string of the molecule is [C-]#[N+][C@]1(COC(=O)C(CC)CC)O[C@@H](c2ccc3c(NC(=O)C(CC)CC)ncnn23)[C@@H]2OC(C)(C)O[C@@H]21. The quantitative estimate of drug-likeness (QED) is 0.359. The summed E-state index contributed by atoms with van der Waals surface area (Å²) in [6.07, 6.45) is 1.91. The highest BCUT2D eigenvalue weighted by Crippen LogP contribution is 2.51. The summed E-state index contributed by atoms with van der Waals surface area (Å²) in [6, 6.07) is 3.60. The molecule has 4 heterocycles. The zero-order valence-corrected chi connectivity index (χ0v) is 22.9. The van der Waals surface area contributed by atoms with Crippen molar-refractivity contribution in [3.05, 3.63) is 35.6 Å². The first-order valence-corrected chi connectivity index (χ1v) is 13.4. The molecule has 0 spiro atoms. The summed E-state index contributed by atoms with van der Waals surface area (Å²) < 4.78 is 25.9. The molecule has 1 N–H and O–H groups in total. The number of nitrogens with zero attached hydrogens (tertiary/aromatic N) is 4. The third-order valence-electron chi connectivity index (χ3n) is 7.50. The van der Waals surface area contributed by atoms with E-state index in [4.69, 9.17) is 25.5 Å². The first kappa shape index (κ1) is 28.0. The number of hydrogen-bond acceptors (Lipinski definition) is 8. The van der Waals surface area contributed by atoms with Gasteiger partial charge in [0.2, 0.25) is 5.91 Å². The molecule has 0 bridgehead atoms. The Morgan fingerprint density at radius 2 is 1.79 bits per heavy atom. The third-order valence-corrected chi connectivity index (χ3v) is 7.50. The van der Waals surface area contributed by atoms with E-state index < -0.39 is 29.8 Å². The predicted molar refractivity (Wildman–Crippen MR) is 138 cm³/mol. The van der Waals surface area contributed by atoms with Crippen molar-refractivity contribution in [3.63, 3.8) is 0 Å². The van der Waals surface area contributed by atoms with Gasteiger partial charge in [-0.15, -0.1) is 0 Å². The third kappa shape index (κ3) is 5.00. The van der Waals surface area contributed by atoms with Crippen LogP contribution in [0.3, 0.4) is 0 Å². The highest BCUT2D eigenvalue weighted by molar-refractivity contribution is 5.95. The Bertz CT molecular complexity index is 1210. The largest absolute Gasteiger partial charge is 0.454 e. The maximum Gasteiger partial charge on any atom is 0.400 e. The summed E-state index contributed by atoms with van der Waals surface area (Å²) >= 11 is 0. The van der Waals surface area contributed by atoms with Gasteiger partial charge in [0.1, 0.15) is 24.1 Å². The molecule has 38 heavy (non-hydrogen) atoms. The molecule has 206 valence electrons. The van der Waals surface area contributed by atoms with E-state index >= 15 is 0 Å². The Morgan fingerprint density at radius 3 is 2.42 bits per heavy atom. The second-order valence-electron chi connectivity index (χ2n) is 10.3. The number of carbonyl (C=O) groups excluding carboxylic acids is 2. The van der Waals surface area contributed by atoms with Crippen molar-refractivity contribution >= 4 is 23.2 Å². The predicted octanol–water partition coefficient (Wildman–Crippen LogP) is 4.29.